The van der Waals surface area contributed by atoms with E-state index in [0.29, 0.717) is 0 Å². The van der Waals surface area contributed by atoms with Gasteiger partial charge in [-0.05, 0) is 24.3 Å². The van der Waals surface area contributed by atoms with Crippen molar-refractivity contribution in [1.29, 1.82) is 0 Å². The second-order valence-electron chi connectivity index (χ2n) is 4.08. The maximum Gasteiger partial charge on any atom is 0.334 e. The monoisotopic (exact) mass is 325 g/mol. The summed E-state index contributed by atoms with van der Waals surface area (Å²) in [5.74, 6) is -0.301. The Hall–Kier alpha value is -1.86. The first-order valence-electron chi connectivity index (χ1n) is 5.98. The Kier molecular flexibility index (Phi) is 4.98. The van der Waals surface area contributed by atoms with Crippen molar-refractivity contribution in [3.05, 3.63) is 54.6 Å². The van der Waals surface area contributed by atoms with Gasteiger partial charge in [0.05, 0.1) is 11.4 Å². The zero-order valence-electron chi connectivity index (χ0n) is 10.8. The highest BCUT2D eigenvalue weighted by atomic mass is 32.3. The largest absolute Gasteiger partial charge is 0.334 e. The van der Waals surface area contributed by atoms with Crippen molar-refractivity contribution in [3.63, 3.8) is 0 Å². The lowest BCUT2D eigenvalue weighted by Gasteiger charge is -2.08. The molecule has 0 aliphatic carbocycles. The van der Waals surface area contributed by atoms with Crippen LogP contribution >= 0.6 is 11.8 Å². The summed E-state index contributed by atoms with van der Waals surface area (Å²) < 4.78 is 35.1. The van der Waals surface area contributed by atoms with E-state index < -0.39 is 21.0 Å². The Morgan fingerprint density at radius 1 is 1.05 bits per heavy atom. The summed E-state index contributed by atoms with van der Waals surface area (Å²) >= 11 is 1.31. The summed E-state index contributed by atoms with van der Waals surface area (Å²) in [6.45, 7) is 0. The number of carbonyl (C=O) groups excluding carboxylic acids is 1. The van der Waals surface area contributed by atoms with Crippen LogP contribution in [-0.2, 0) is 15.0 Å². The van der Waals surface area contributed by atoms with Crippen LogP contribution in [-0.4, -0.2) is 20.1 Å². The average Bonchev–Trinajstić information content (AvgIpc) is 2.46. The minimum absolute atomic E-state index is 0.0568. The van der Waals surface area contributed by atoms with Gasteiger partial charge in [0.25, 0.3) is 0 Å². The van der Waals surface area contributed by atoms with E-state index in [0.717, 1.165) is 11.0 Å². The Balaban J connectivity index is 2.04. The molecule has 0 fully saturated rings. The number of anilines is 1. The highest BCUT2D eigenvalue weighted by Gasteiger charge is 2.18. The van der Waals surface area contributed by atoms with E-state index in [2.05, 4.69) is 5.32 Å². The second-order valence-corrected chi connectivity index (χ2v) is 6.45. The smallest absolute Gasteiger partial charge is 0.324 e. The van der Waals surface area contributed by atoms with Crippen LogP contribution in [0.2, 0.25) is 0 Å². The van der Waals surface area contributed by atoms with Crippen molar-refractivity contribution in [2.24, 2.45) is 0 Å². The molecule has 0 aromatic heterocycles. The summed E-state index contributed by atoms with van der Waals surface area (Å²) in [6, 6.07) is 14.7. The maximum absolute atomic E-state index is 13.1. The minimum atomic E-state index is -4.87. The fraction of sp³-hybridized carbons (Fsp3) is 0.0714. The lowest BCUT2D eigenvalue weighted by molar-refractivity contribution is -0.113. The topological polar surface area (TPSA) is 63.2 Å². The molecule has 2 aromatic carbocycles. The third-order valence-corrected chi connectivity index (χ3v) is 4.43. The van der Waals surface area contributed by atoms with Crippen LogP contribution in [0.3, 0.4) is 0 Å². The van der Waals surface area contributed by atoms with E-state index in [-0.39, 0.29) is 11.4 Å². The third-order valence-electron chi connectivity index (χ3n) is 2.54. The molecule has 2 rings (SSSR count). The number of para-hydroxylation sites is 1. The first-order chi connectivity index (χ1) is 9.97. The first kappa shape index (κ1) is 15.5. The van der Waals surface area contributed by atoms with Crippen molar-refractivity contribution in [3.8, 4) is 0 Å². The van der Waals surface area contributed by atoms with Crippen LogP contribution in [0.1, 0.15) is 0 Å². The fourth-order valence-electron chi connectivity index (χ4n) is 1.63. The lowest BCUT2D eigenvalue weighted by atomic mass is 10.3. The van der Waals surface area contributed by atoms with Crippen molar-refractivity contribution < 1.29 is 17.1 Å². The van der Waals surface area contributed by atoms with Gasteiger partial charge in [-0.2, -0.15) is 8.42 Å². The fourth-order valence-corrected chi connectivity index (χ4v) is 2.98. The van der Waals surface area contributed by atoms with E-state index in [4.69, 9.17) is 0 Å². The predicted molar refractivity (Wildman–Crippen MR) is 80.5 cm³/mol. The second kappa shape index (κ2) is 6.73. The summed E-state index contributed by atoms with van der Waals surface area (Å²) in [5.41, 5.74) is -0.0568. The highest BCUT2D eigenvalue weighted by molar-refractivity contribution is 8.00. The van der Waals surface area contributed by atoms with Crippen molar-refractivity contribution in [1.82, 2.24) is 0 Å². The van der Waals surface area contributed by atoms with Crippen molar-refractivity contribution in [2.45, 2.75) is 9.79 Å². The number of nitrogens with one attached hydrogen (secondary N) is 1. The van der Waals surface area contributed by atoms with Gasteiger partial charge in [0.2, 0.25) is 5.91 Å². The van der Waals surface area contributed by atoms with E-state index in [1.54, 1.807) is 0 Å². The molecule has 0 atom stereocenters. The summed E-state index contributed by atoms with van der Waals surface area (Å²) in [6.07, 6.45) is 0. The van der Waals surface area contributed by atoms with Crippen LogP contribution in [0.5, 0.6) is 0 Å². The van der Waals surface area contributed by atoms with E-state index in [1.165, 1.54) is 30.0 Å². The van der Waals surface area contributed by atoms with Gasteiger partial charge in [0.15, 0.2) is 0 Å². The van der Waals surface area contributed by atoms with Gasteiger partial charge in [-0.25, -0.2) is 0 Å². The van der Waals surface area contributed by atoms with Gasteiger partial charge >= 0.3 is 10.2 Å². The molecular weight excluding hydrogens is 313 g/mol. The van der Waals surface area contributed by atoms with Crippen LogP contribution in [0.15, 0.2) is 64.4 Å². The van der Waals surface area contributed by atoms with E-state index >= 15 is 0 Å². The van der Waals surface area contributed by atoms with Gasteiger partial charge in [-0.3, -0.25) is 4.79 Å². The number of amides is 1. The third kappa shape index (κ3) is 4.57. The van der Waals surface area contributed by atoms with Gasteiger partial charge < -0.3 is 5.32 Å². The Morgan fingerprint density at radius 2 is 1.67 bits per heavy atom. The number of hydrogen-bond acceptors (Lipinski definition) is 4. The van der Waals surface area contributed by atoms with Crippen molar-refractivity contribution >= 4 is 33.6 Å². The van der Waals surface area contributed by atoms with E-state index in [9.17, 15) is 17.1 Å². The average molecular weight is 325 g/mol. The zero-order chi connectivity index (χ0) is 15.3. The maximum atomic E-state index is 13.1. The zero-order valence-corrected chi connectivity index (χ0v) is 12.5. The molecule has 0 heterocycles. The van der Waals surface area contributed by atoms with Gasteiger partial charge in [-0.1, -0.05) is 30.3 Å². The van der Waals surface area contributed by atoms with Crippen molar-refractivity contribution in [2.75, 3.05) is 11.1 Å². The highest BCUT2D eigenvalue weighted by Crippen LogP contribution is 2.23. The van der Waals surface area contributed by atoms with Gasteiger partial charge in [0, 0.05) is 4.90 Å². The van der Waals surface area contributed by atoms with Crippen LogP contribution < -0.4 is 5.32 Å². The molecule has 0 spiro atoms. The SMILES string of the molecule is O=C(CSc1ccccc1)Nc1ccccc1S(=O)(=O)F. The number of thioether (sulfide) groups is 1. The summed E-state index contributed by atoms with van der Waals surface area (Å²) in [4.78, 5) is 12.2. The van der Waals surface area contributed by atoms with Gasteiger partial charge in [0.1, 0.15) is 4.90 Å². The Morgan fingerprint density at radius 3 is 2.33 bits per heavy atom. The molecule has 0 aliphatic rings. The molecule has 0 unspecified atom stereocenters. The predicted octanol–water partition coefficient (Wildman–Crippen LogP) is 3.08. The molecule has 1 N–H and O–H groups in total. The van der Waals surface area contributed by atoms with Crippen LogP contribution in [0.4, 0.5) is 9.57 Å². The number of hydrogen-bond donors (Lipinski definition) is 1. The normalized spacial score (nSPS) is 11.1. The number of benzene rings is 2. The molecule has 21 heavy (non-hydrogen) atoms. The first-order valence-corrected chi connectivity index (χ1v) is 8.35. The van der Waals surface area contributed by atoms with E-state index in [1.807, 2.05) is 30.3 Å². The molecule has 0 aliphatic heterocycles. The number of rotatable bonds is 5. The summed E-state index contributed by atoms with van der Waals surface area (Å²) in [7, 11) is -4.87. The molecule has 0 saturated carbocycles. The molecule has 2 aromatic rings. The summed E-state index contributed by atoms with van der Waals surface area (Å²) in [5, 5.41) is 2.41. The molecular formula is C14H12FNO3S2. The molecule has 0 saturated heterocycles. The van der Waals surface area contributed by atoms with Crippen LogP contribution in [0.25, 0.3) is 0 Å². The number of carbonyl (C=O) groups is 1. The molecule has 110 valence electrons. The molecule has 0 radical (unpaired) electrons. The standard InChI is InChI=1S/C14H12FNO3S2/c15-21(18,19)13-9-5-4-8-12(13)16-14(17)10-20-11-6-2-1-3-7-11/h1-9H,10H2,(H,16,17). The molecule has 4 nitrogen and oxygen atoms in total. The molecule has 7 heteroatoms. The van der Waals surface area contributed by atoms with Crippen LogP contribution in [0, 0.1) is 0 Å². The lowest BCUT2D eigenvalue weighted by Crippen LogP contribution is -2.15. The Labute approximate surface area is 126 Å². The quantitative estimate of drug-likeness (QED) is 0.678. The minimum Gasteiger partial charge on any atom is -0.324 e. The van der Waals surface area contributed by atoms with Gasteiger partial charge in [-0.15, -0.1) is 15.6 Å². The number of halogens is 1. The molecule has 0 bridgehead atoms. The Bertz CT molecular complexity index is 733. The molecule has 1 amide bonds.